The highest BCUT2D eigenvalue weighted by Gasteiger charge is 2.15. The van der Waals surface area contributed by atoms with Crippen LogP contribution in [0.5, 0.6) is 0 Å². The minimum absolute atomic E-state index is 0.0921. The molecule has 0 saturated heterocycles. The molecule has 0 aliphatic carbocycles. The second-order valence-electron chi connectivity index (χ2n) is 10.6. The lowest BCUT2D eigenvalue weighted by Gasteiger charge is -2.22. The molecule has 0 aliphatic rings. The van der Waals surface area contributed by atoms with Gasteiger partial charge in [0.1, 0.15) is 0 Å². The number of anilines is 1. The number of hydrogen-bond donors (Lipinski definition) is 2. The Bertz CT molecular complexity index is 1810. The predicted octanol–water partition coefficient (Wildman–Crippen LogP) is 7.60. The molecular formula is C37H34N4OS. The number of nitrogens with two attached hydrogens (primary N) is 1. The first-order chi connectivity index (χ1) is 21.1. The summed E-state index contributed by atoms with van der Waals surface area (Å²) < 4.78 is 0. The van der Waals surface area contributed by atoms with Crippen molar-refractivity contribution in [2.45, 2.75) is 26.1 Å². The molecule has 0 radical (unpaired) electrons. The van der Waals surface area contributed by atoms with E-state index in [1.54, 1.807) is 11.3 Å². The molecule has 3 N–H and O–H groups in total. The summed E-state index contributed by atoms with van der Waals surface area (Å²) in [6.07, 6.45) is 0.914. The Labute approximate surface area is 256 Å². The predicted molar refractivity (Wildman–Crippen MR) is 178 cm³/mol. The molecule has 1 amide bonds. The average Bonchev–Trinajstić information content (AvgIpc) is 3.56. The number of amides is 1. The highest BCUT2D eigenvalue weighted by atomic mass is 32.1. The van der Waals surface area contributed by atoms with Gasteiger partial charge in [0.25, 0.3) is 5.91 Å². The minimum Gasteiger partial charge on any atom is -0.348 e. The molecule has 5 aromatic carbocycles. The van der Waals surface area contributed by atoms with Crippen molar-refractivity contribution in [2.75, 3.05) is 11.4 Å². The lowest BCUT2D eigenvalue weighted by molar-refractivity contribution is 0.0951. The van der Waals surface area contributed by atoms with Gasteiger partial charge in [-0.1, -0.05) is 103 Å². The zero-order valence-electron chi connectivity index (χ0n) is 23.9. The van der Waals surface area contributed by atoms with Crippen LogP contribution < -0.4 is 16.0 Å². The van der Waals surface area contributed by atoms with Crippen LogP contribution in [0.3, 0.4) is 0 Å². The third-order valence-corrected chi connectivity index (χ3v) is 8.49. The normalized spacial score (nSPS) is 11.0. The van der Waals surface area contributed by atoms with E-state index in [0.29, 0.717) is 25.2 Å². The van der Waals surface area contributed by atoms with Crippen LogP contribution in [0, 0.1) is 0 Å². The molecule has 0 fully saturated rings. The van der Waals surface area contributed by atoms with Crippen LogP contribution in [-0.2, 0) is 26.1 Å². The quantitative estimate of drug-likeness (QED) is 0.165. The molecule has 1 heterocycles. The van der Waals surface area contributed by atoms with Crippen LogP contribution in [0.2, 0.25) is 0 Å². The molecule has 0 saturated carbocycles. The van der Waals surface area contributed by atoms with Gasteiger partial charge in [0.05, 0.1) is 5.69 Å². The monoisotopic (exact) mass is 582 g/mol. The molecule has 5 nitrogen and oxygen atoms in total. The van der Waals surface area contributed by atoms with E-state index in [1.165, 1.54) is 16.3 Å². The number of fused-ring (bicyclic) bond motifs is 1. The Morgan fingerprint density at radius 2 is 1.49 bits per heavy atom. The van der Waals surface area contributed by atoms with Gasteiger partial charge in [-0.25, -0.2) is 4.98 Å². The SMILES string of the molecule is NCc1cccc(CNC(=O)c2ccc(CN(CCc3ccccc3)c3nc(-c4ccc5ccccc5c4)cs3)cc2)c1. The van der Waals surface area contributed by atoms with Gasteiger partial charge in [-0.3, -0.25) is 4.79 Å². The van der Waals surface area contributed by atoms with Crippen LogP contribution in [-0.4, -0.2) is 17.4 Å². The Kier molecular flexibility index (Phi) is 8.88. The van der Waals surface area contributed by atoms with Crippen LogP contribution in [0.4, 0.5) is 5.13 Å². The first kappa shape index (κ1) is 28.3. The molecule has 0 aliphatic heterocycles. The van der Waals surface area contributed by atoms with Crippen LogP contribution in [0.1, 0.15) is 32.6 Å². The maximum atomic E-state index is 12.9. The lowest BCUT2D eigenvalue weighted by atomic mass is 10.1. The molecule has 6 heteroatoms. The Balaban J connectivity index is 1.17. The summed E-state index contributed by atoms with van der Waals surface area (Å²) in [5, 5.41) is 8.59. The number of carbonyl (C=O) groups is 1. The van der Waals surface area contributed by atoms with Crippen LogP contribution >= 0.6 is 11.3 Å². The zero-order chi connectivity index (χ0) is 29.4. The maximum Gasteiger partial charge on any atom is 0.251 e. The summed E-state index contributed by atoms with van der Waals surface area (Å²) >= 11 is 1.67. The standard InChI is InChI=1S/C37H34N4OS/c38-23-29-9-6-10-30(21-29)24-39-36(42)32-15-13-28(14-16-32)25-41(20-19-27-7-2-1-3-8-27)37-40-35(26-43-37)34-18-17-31-11-4-5-12-33(31)22-34/h1-18,21-22,26H,19-20,23-25,38H2,(H,39,42). The highest BCUT2D eigenvalue weighted by molar-refractivity contribution is 7.14. The van der Waals surface area contributed by atoms with Crippen molar-refractivity contribution in [2.24, 2.45) is 5.73 Å². The number of rotatable bonds is 11. The summed E-state index contributed by atoms with van der Waals surface area (Å²) in [4.78, 5) is 20.3. The minimum atomic E-state index is -0.0921. The maximum absolute atomic E-state index is 12.9. The molecule has 6 aromatic rings. The molecular weight excluding hydrogens is 549 g/mol. The molecule has 0 bridgehead atoms. The number of thiazole rings is 1. The van der Waals surface area contributed by atoms with Gasteiger partial charge in [-0.2, -0.15) is 0 Å². The number of nitrogens with zero attached hydrogens (tertiary/aromatic N) is 2. The van der Waals surface area contributed by atoms with E-state index in [0.717, 1.165) is 46.0 Å². The molecule has 1 aromatic heterocycles. The number of carbonyl (C=O) groups excluding carboxylic acids is 1. The molecule has 0 atom stereocenters. The third kappa shape index (κ3) is 7.17. The summed E-state index contributed by atoms with van der Waals surface area (Å²) in [6, 6.07) is 41.3. The summed E-state index contributed by atoms with van der Waals surface area (Å²) in [6.45, 7) is 2.48. The molecule has 43 heavy (non-hydrogen) atoms. The first-order valence-corrected chi connectivity index (χ1v) is 15.4. The van der Waals surface area contributed by atoms with Gasteiger partial charge in [-0.15, -0.1) is 11.3 Å². The Hall–Kier alpha value is -4.78. The van der Waals surface area contributed by atoms with Gasteiger partial charge >= 0.3 is 0 Å². The molecule has 214 valence electrons. The van der Waals surface area contributed by atoms with E-state index in [9.17, 15) is 4.79 Å². The van der Waals surface area contributed by atoms with Crippen molar-refractivity contribution in [3.8, 4) is 11.3 Å². The Morgan fingerprint density at radius 1 is 0.744 bits per heavy atom. The Morgan fingerprint density at radius 3 is 2.30 bits per heavy atom. The first-order valence-electron chi connectivity index (χ1n) is 14.5. The third-order valence-electron chi connectivity index (χ3n) is 7.59. The molecule has 0 spiro atoms. The number of aromatic nitrogens is 1. The topological polar surface area (TPSA) is 71.2 Å². The van der Waals surface area contributed by atoms with Crippen molar-refractivity contribution < 1.29 is 4.79 Å². The van der Waals surface area contributed by atoms with Gasteiger partial charge < -0.3 is 16.0 Å². The average molecular weight is 583 g/mol. The van der Waals surface area contributed by atoms with Gasteiger partial charge in [-0.05, 0) is 57.6 Å². The summed E-state index contributed by atoms with van der Waals surface area (Å²) in [5.74, 6) is -0.0921. The van der Waals surface area contributed by atoms with E-state index in [2.05, 4.69) is 82.3 Å². The largest absolute Gasteiger partial charge is 0.348 e. The van der Waals surface area contributed by atoms with E-state index in [-0.39, 0.29) is 5.91 Å². The van der Waals surface area contributed by atoms with Crippen LogP contribution in [0.25, 0.3) is 22.0 Å². The molecule has 0 unspecified atom stereocenters. The van der Waals surface area contributed by atoms with Crippen molar-refractivity contribution >= 4 is 33.1 Å². The van der Waals surface area contributed by atoms with Crippen molar-refractivity contribution in [1.29, 1.82) is 0 Å². The highest BCUT2D eigenvalue weighted by Crippen LogP contribution is 2.30. The van der Waals surface area contributed by atoms with Crippen molar-refractivity contribution in [3.05, 3.63) is 155 Å². The second kappa shape index (κ2) is 13.5. The fourth-order valence-electron chi connectivity index (χ4n) is 5.17. The smallest absolute Gasteiger partial charge is 0.251 e. The van der Waals surface area contributed by atoms with Gasteiger partial charge in [0.2, 0.25) is 0 Å². The summed E-state index contributed by atoms with van der Waals surface area (Å²) in [7, 11) is 0. The number of benzene rings is 5. The van der Waals surface area contributed by atoms with E-state index in [1.807, 2.05) is 54.6 Å². The van der Waals surface area contributed by atoms with Gasteiger partial charge in [0, 0.05) is 42.7 Å². The van der Waals surface area contributed by atoms with E-state index < -0.39 is 0 Å². The molecule has 6 rings (SSSR count). The van der Waals surface area contributed by atoms with Crippen molar-refractivity contribution in [1.82, 2.24) is 10.3 Å². The van der Waals surface area contributed by atoms with Crippen molar-refractivity contribution in [3.63, 3.8) is 0 Å². The van der Waals surface area contributed by atoms with E-state index >= 15 is 0 Å². The van der Waals surface area contributed by atoms with Gasteiger partial charge in [0.15, 0.2) is 5.13 Å². The second-order valence-corrected chi connectivity index (χ2v) is 11.5. The number of hydrogen-bond acceptors (Lipinski definition) is 5. The summed E-state index contributed by atoms with van der Waals surface area (Å²) in [5.41, 5.74) is 13.0. The fraction of sp³-hybridized carbons (Fsp3) is 0.135. The number of nitrogens with one attached hydrogen (secondary N) is 1. The fourth-order valence-corrected chi connectivity index (χ4v) is 6.04. The lowest BCUT2D eigenvalue weighted by Crippen LogP contribution is -2.25. The van der Waals surface area contributed by atoms with E-state index in [4.69, 9.17) is 10.7 Å². The van der Waals surface area contributed by atoms with Crippen LogP contribution in [0.15, 0.2) is 127 Å². The zero-order valence-corrected chi connectivity index (χ0v) is 24.8.